The summed E-state index contributed by atoms with van der Waals surface area (Å²) in [5, 5.41) is 0. The largest absolute Gasteiger partial charge is 0.290 e. The van der Waals surface area contributed by atoms with Crippen LogP contribution in [0.4, 0.5) is 0 Å². The lowest BCUT2D eigenvalue weighted by molar-refractivity contribution is 0.635. The predicted octanol–water partition coefficient (Wildman–Crippen LogP) is 1.80. The smallest absolute Gasteiger partial charge is 0.0543 e. The number of rotatable bonds is 2. The molecule has 0 aromatic heterocycles. The van der Waals surface area contributed by atoms with Gasteiger partial charge in [0, 0.05) is 12.6 Å². The number of terminal acetylenes is 1. The first-order valence-corrected chi connectivity index (χ1v) is 3.55. The van der Waals surface area contributed by atoms with E-state index in [1.54, 1.807) is 0 Å². The second-order valence-corrected chi connectivity index (χ2v) is 2.36. The Hall–Kier alpha value is -1.03. The molecule has 0 radical (unpaired) electrons. The third-order valence-electron chi connectivity index (χ3n) is 1.55. The summed E-state index contributed by atoms with van der Waals surface area (Å²) < 4.78 is 0. The van der Waals surface area contributed by atoms with Crippen LogP contribution in [0.1, 0.15) is 19.3 Å². The van der Waals surface area contributed by atoms with Crippen LogP contribution in [0.2, 0.25) is 0 Å². The second-order valence-electron chi connectivity index (χ2n) is 2.36. The van der Waals surface area contributed by atoms with Gasteiger partial charge >= 0.3 is 0 Å². The van der Waals surface area contributed by atoms with Gasteiger partial charge in [-0.3, -0.25) is 4.99 Å². The Morgan fingerprint density at radius 2 is 2.60 bits per heavy atom. The van der Waals surface area contributed by atoms with Gasteiger partial charge in [0.1, 0.15) is 0 Å². The molecule has 0 saturated carbocycles. The molecule has 1 heteroatoms. The Labute approximate surface area is 61.9 Å². The maximum atomic E-state index is 5.13. The summed E-state index contributed by atoms with van der Waals surface area (Å²) in [4.78, 5) is 4.26. The van der Waals surface area contributed by atoms with E-state index in [4.69, 9.17) is 6.42 Å². The van der Waals surface area contributed by atoms with Crippen molar-refractivity contribution in [3.8, 4) is 12.3 Å². The highest BCUT2D eigenvalue weighted by Crippen LogP contribution is 2.09. The second kappa shape index (κ2) is 3.90. The van der Waals surface area contributed by atoms with Gasteiger partial charge in [0.25, 0.3) is 0 Å². The number of dihydropyridines is 1. The zero-order valence-electron chi connectivity index (χ0n) is 5.96. The van der Waals surface area contributed by atoms with Crippen molar-refractivity contribution in [2.75, 3.05) is 0 Å². The third-order valence-corrected chi connectivity index (χ3v) is 1.55. The molecule has 0 saturated heterocycles. The van der Waals surface area contributed by atoms with Gasteiger partial charge in [-0.25, -0.2) is 0 Å². The molecule has 0 bridgehead atoms. The number of hydrogen-bond acceptors (Lipinski definition) is 1. The van der Waals surface area contributed by atoms with Gasteiger partial charge in [-0.15, -0.1) is 12.3 Å². The molecule has 10 heavy (non-hydrogen) atoms. The third kappa shape index (κ3) is 2.06. The van der Waals surface area contributed by atoms with Crippen LogP contribution in [0.5, 0.6) is 0 Å². The molecular weight excluding hydrogens is 122 g/mol. The fourth-order valence-electron chi connectivity index (χ4n) is 0.971. The van der Waals surface area contributed by atoms with E-state index in [0.717, 1.165) is 19.3 Å². The summed E-state index contributed by atoms with van der Waals surface area (Å²) in [5.41, 5.74) is 0. The van der Waals surface area contributed by atoms with E-state index in [1.165, 1.54) is 0 Å². The van der Waals surface area contributed by atoms with E-state index < -0.39 is 0 Å². The van der Waals surface area contributed by atoms with Gasteiger partial charge in [0.05, 0.1) is 6.04 Å². The Kier molecular flexibility index (Phi) is 2.76. The molecule has 0 fully saturated rings. The molecule has 0 aliphatic carbocycles. The van der Waals surface area contributed by atoms with Crippen molar-refractivity contribution >= 4 is 6.21 Å². The van der Waals surface area contributed by atoms with Crippen molar-refractivity contribution in [3.05, 3.63) is 12.2 Å². The minimum Gasteiger partial charge on any atom is -0.290 e. The summed E-state index contributed by atoms with van der Waals surface area (Å²) in [7, 11) is 0. The van der Waals surface area contributed by atoms with Crippen LogP contribution in [-0.4, -0.2) is 12.3 Å². The quantitative estimate of drug-likeness (QED) is 0.509. The van der Waals surface area contributed by atoms with Crippen molar-refractivity contribution in [1.29, 1.82) is 0 Å². The highest BCUT2D eigenvalue weighted by Gasteiger charge is 2.03. The summed E-state index contributed by atoms with van der Waals surface area (Å²) in [6.07, 6.45) is 14.0. The topological polar surface area (TPSA) is 12.4 Å². The Morgan fingerprint density at radius 1 is 1.70 bits per heavy atom. The fourth-order valence-corrected chi connectivity index (χ4v) is 0.971. The van der Waals surface area contributed by atoms with E-state index in [1.807, 2.05) is 12.3 Å². The predicted molar refractivity (Wildman–Crippen MR) is 44.1 cm³/mol. The first-order valence-electron chi connectivity index (χ1n) is 3.55. The number of hydrogen-bond donors (Lipinski definition) is 0. The molecule has 1 nitrogen and oxygen atoms in total. The van der Waals surface area contributed by atoms with E-state index in [2.05, 4.69) is 17.0 Å². The lowest BCUT2D eigenvalue weighted by Crippen LogP contribution is -2.04. The monoisotopic (exact) mass is 133 g/mol. The molecule has 1 rings (SSSR count). The standard InChI is InChI=1S/C9H11N/c1-2-3-6-9-7-4-5-8-10-9/h1,4-5,8-9H,3,6-7H2. The summed E-state index contributed by atoms with van der Waals surface area (Å²) >= 11 is 0. The maximum Gasteiger partial charge on any atom is 0.0543 e. The van der Waals surface area contributed by atoms with Crippen LogP contribution >= 0.6 is 0 Å². The van der Waals surface area contributed by atoms with Crippen molar-refractivity contribution in [3.63, 3.8) is 0 Å². The summed E-state index contributed by atoms with van der Waals surface area (Å²) in [6, 6.07) is 0.445. The average molecular weight is 133 g/mol. The molecule has 0 amide bonds. The zero-order valence-corrected chi connectivity index (χ0v) is 5.96. The maximum absolute atomic E-state index is 5.13. The summed E-state index contributed by atoms with van der Waals surface area (Å²) in [6.45, 7) is 0. The van der Waals surface area contributed by atoms with E-state index in [0.29, 0.717) is 6.04 Å². The van der Waals surface area contributed by atoms with Crippen LogP contribution in [0.15, 0.2) is 17.1 Å². The molecule has 1 aliphatic heterocycles. The number of nitrogens with zero attached hydrogens (tertiary/aromatic N) is 1. The fraction of sp³-hybridized carbons (Fsp3) is 0.444. The first kappa shape index (κ1) is 7.08. The van der Waals surface area contributed by atoms with Crippen molar-refractivity contribution in [1.82, 2.24) is 0 Å². The SMILES string of the molecule is C#CCCC1CC=CC=N1. The molecule has 1 heterocycles. The van der Waals surface area contributed by atoms with Crippen LogP contribution in [0.3, 0.4) is 0 Å². The van der Waals surface area contributed by atoms with Crippen molar-refractivity contribution in [2.45, 2.75) is 25.3 Å². The van der Waals surface area contributed by atoms with Crippen LogP contribution in [0, 0.1) is 12.3 Å². The highest BCUT2D eigenvalue weighted by molar-refractivity contribution is 5.72. The molecule has 1 aliphatic rings. The van der Waals surface area contributed by atoms with Gasteiger partial charge in [0.15, 0.2) is 0 Å². The lowest BCUT2D eigenvalue weighted by Gasteiger charge is -2.09. The Morgan fingerprint density at radius 3 is 3.20 bits per heavy atom. The van der Waals surface area contributed by atoms with E-state index >= 15 is 0 Å². The van der Waals surface area contributed by atoms with Gasteiger partial charge in [-0.2, -0.15) is 0 Å². The normalized spacial score (nSPS) is 22.5. The van der Waals surface area contributed by atoms with Crippen LogP contribution in [-0.2, 0) is 0 Å². The van der Waals surface area contributed by atoms with Crippen LogP contribution in [0.25, 0.3) is 0 Å². The first-order chi connectivity index (χ1) is 4.93. The van der Waals surface area contributed by atoms with Crippen LogP contribution < -0.4 is 0 Å². The zero-order chi connectivity index (χ0) is 7.23. The van der Waals surface area contributed by atoms with Crippen molar-refractivity contribution < 1.29 is 0 Å². The number of aliphatic imine (C=N–C) groups is 1. The highest BCUT2D eigenvalue weighted by atomic mass is 14.8. The van der Waals surface area contributed by atoms with Crippen molar-refractivity contribution in [2.24, 2.45) is 4.99 Å². The Bertz CT molecular complexity index is 183. The Balaban J connectivity index is 2.25. The lowest BCUT2D eigenvalue weighted by atomic mass is 10.1. The molecule has 0 aromatic carbocycles. The van der Waals surface area contributed by atoms with E-state index in [-0.39, 0.29) is 0 Å². The average Bonchev–Trinajstić information content (AvgIpc) is 2.03. The minimum absolute atomic E-state index is 0.445. The molecule has 0 N–H and O–H groups in total. The van der Waals surface area contributed by atoms with Gasteiger partial charge < -0.3 is 0 Å². The van der Waals surface area contributed by atoms with Gasteiger partial charge in [0.2, 0.25) is 0 Å². The molecule has 0 spiro atoms. The molecular formula is C9H11N. The van der Waals surface area contributed by atoms with Gasteiger partial charge in [-0.1, -0.05) is 6.08 Å². The molecule has 1 atom stereocenters. The van der Waals surface area contributed by atoms with E-state index in [9.17, 15) is 0 Å². The minimum atomic E-state index is 0.445. The molecule has 1 unspecified atom stereocenters. The summed E-state index contributed by atoms with van der Waals surface area (Å²) in [5.74, 6) is 2.62. The molecule has 52 valence electrons. The van der Waals surface area contributed by atoms with Gasteiger partial charge in [-0.05, 0) is 18.9 Å². The molecule has 0 aromatic rings. The number of allylic oxidation sites excluding steroid dienone is 1.